The molecule has 5 heteroatoms. The van der Waals surface area contributed by atoms with Crippen molar-refractivity contribution >= 4 is 23.0 Å². The van der Waals surface area contributed by atoms with E-state index in [0.717, 1.165) is 31.0 Å². The number of benzene rings is 1. The molecule has 1 aromatic rings. The molecule has 1 fully saturated rings. The molecule has 0 unspecified atom stereocenters. The Hall–Kier alpha value is -1.33. The van der Waals surface area contributed by atoms with Gasteiger partial charge >= 0.3 is 0 Å². The van der Waals surface area contributed by atoms with E-state index in [1.807, 2.05) is 31.2 Å². The number of thiocarbonyl (C=S) groups is 1. The fraction of sp³-hybridized carbons (Fsp3) is 0.588. The van der Waals surface area contributed by atoms with Crippen LogP contribution in [0.25, 0.3) is 0 Å². The highest BCUT2D eigenvalue weighted by atomic mass is 32.1. The summed E-state index contributed by atoms with van der Waals surface area (Å²) in [7, 11) is 0. The lowest BCUT2D eigenvalue weighted by atomic mass is 10.3. The summed E-state index contributed by atoms with van der Waals surface area (Å²) in [5.74, 6) is 0.818. The molecule has 0 atom stereocenters. The van der Waals surface area contributed by atoms with Crippen molar-refractivity contribution in [1.29, 1.82) is 0 Å². The molecule has 22 heavy (non-hydrogen) atoms. The van der Waals surface area contributed by atoms with Gasteiger partial charge in [-0.25, -0.2) is 0 Å². The Kier molecular flexibility index (Phi) is 7.46. The molecule has 0 saturated heterocycles. The molecule has 4 nitrogen and oxygen atoms in total. The highest BCUT2D eigenvalue weighted by Gasteiger charge is 2.14. The molecule has 2 rings (SSSR count). The van der Waals surface area contributed by atoms with E-state index in [-0.39, 0.29) is 0 Å². The van der Waals surface area contributed by atoms with E-state index >= 15 is 0 Å². The summed E-state index contributed by atoms with van der Waals surface area (Å²) in [6, 6.07) is 7.81. The predicted octanol–water partition coefficient (Wildman–Crippen LogP) is 3.72. The second-order valence-electron chi connectivity index (χ2n) is 5.44. The zero-order valence-electron chi connectivity index (χ0n) is 13.3. The molecule has 0 radical (unpaired) electrons. The van der Waals surface area contributed by atoms with Crippen LogP contribution in [0.5, 0.6) is 5.75 Å². The molecule has 1 aliphatic rings. The molecule has 122 valence electrons. The molecule has 0 aliphatic heterocycles. The van der Waals surface area contributed by atoms with Crippen molar-refractivity contribution in [2.75, 3.05) is 25.1 Å². The maximum atomic E-state index is 5.83. The first kappa shape index (κ1) is 17.0. The van der Waals surface area contributed by atoms with E-state index in [1.165, 1.54) is 25.7 Å². The van der Waals surface area contributed by atoms with Crippen LogP contribution in [-0.4, -0.2) is 31.0 Å². The van der Waals surface area contributed by atoms with Crippen LogP contribution < -0.4 is 15.4 Å². The molecule has 1 aromatic carbocycles. The standard InChI is InChI=1S/C17H26N2O2S/c1-2-20-16-11-6-5-10-15(16)19-17(22)18-12-7-13-21-14-8-3-4-9-14/h5-6,10-11,14H,2-4,7-9,12-13H2,1H3,(H2,18,19,22). The summed E-state index contributed by atoms with van der Waals surface area (Å²) in [5.41, 5.74) is 0.893. The average molecular weight is 322 g/mol. The second-order valence-corrected chi connectivity index (χ2v) is 5.85. The maximum Gasteiger partial charge on any atom is 0.170 e. The van der Waals surface area contributed by atoms with Gasteiger partial charge in [0.15, 0.2) is 5.11 Å². The van der Waals surface area contributed by atoms with Gasteiger partial charge in [-0.05, 0) is 50.5 Å². The monoisotopic (exact) mass is 322 g/mol. The van der Waals surface area contributed by atoms with E-state index in [4.69, 9.17) is 21.7 Å². The van der Waals surface area contributed by atoms with Crippen LogP contribution in [0.1, 0.15) is 39.0 Å². The van der Waals surface area contributed by atoms with Gasteiger partial charge in [0, 0.05) is 13.2 Å². The lowest BCUT2D eigenvalue weighted by Crippen LogP contribution is -2.30. The number of hydrogen-bond acceptors (Lipinski definition) is 3. The quantitative estimate of drug-likeness (QED) is 0.564. The molecule has 1 aliphatic carbocycles. The van der Waals surface area contributed by atoms with Gasteiger partial charge in [-0.15, -0.1) is 0 Å². The first-order valence-electron chi connectivity index (χ1n) is 8.18. The summed E-state index contributed by atoms with van der Waals surface area (Å²) < 4.78 is 11.4. The highest BCUT2D eigenvalue weighted by molar-refractivity contribution is 7.80. The molecule has 1 saturated carbocycles. The third-order valence-corrected chi connectivity index (χ3v) is 3.94. The molecule has 0 aromatic heterocycles. The van der Waals surface area contributed by atoms with Crippen molar-refractivity contribution < 1.29 is 9.47 Å². The Labute approximate surface area is 138 Å². The normalized spacial score (nSPS) is 14.8. The third-order valence-electron chi connectivity index (χ3n) is 3.70. The Balaban J connectivity index is 1.63. The van der Waals surface area contributed by atoms with E-state index in [1.54, 1.807) is 0 Å². The van der Waals surface area contributed by atoms with E-state index < -0.39 is 0 Å². The smallest absolute Gasteiger partial charge is 0.170 e. The Morgan fingerprint density at radius 1 is 1.27 bits per heavy atom. The molecule has 0 spiro atoms. The second kappa shape index (κ2) is 9.64. The first-order valence-corrected chi connectivity index (χ1v) is 8.58. The molecule has 0 heterocycles. The lowest BCUT2D eigenvalue weighted by molar-refractivity contribution is 0.0574. The molecule has 2 N–H and O–H groups in total. The van der Waals surface area contributed by atoms with E-state index in [0.29, 0.717) is 17.8 Å². The summed E-state index contributed by atoms with van der Waals surface area (Å²) in [6.07, 6.45) is 6.53. The Morgan fingerprint density at radius 3 is 2.82 bits per heavy atom. The van der Waals surface area contributed by atoms with Crippen LogP contribution in [0.4, 0.5) is 5.69 Å². The van der Waals surface area contributed by atoms with Crippen molar-refractivity contribution in [1.82, 2.24) is 5.32 Å². The minimum atomic E-state index is 0.489. The first-order chi connectivity index (χ1) is 10.8. The van der Waals surface area contributed by atoms with Crippen LogP contribution in [0.15, 0.2) is 24.3 Å². The highest BCUT2D eigenvalue weighted by Crippen LogP contribution is 2.23. The molecule has 0 amide bonds. The Morgan fingerprint density at radius 2 is 2.05 bits per heavy atom. The molecular weight excluding hydrogens is 296 g/mol. The zero-order valence-corrected chi connectivity index (χ0v) is 14.1. The van der Waals surface area contributed by atoms with Gasteiger partial charge in [-0.3, -0.25) is 0 Å². The van der Waals surface area contributed by atoms with Crippen LogP contribution in [0.3, 0.4) is 0 Å². The van der Waals surface area contributed by atoms with Crippen LogP contribution >= 0.6 is 12.2 Å². The fourth-order valence-corrected chi connectivity index (χ4v) is 2.81. The predicted molar refractivity (Wildman–Crippen MR) is 94.7 cm³/mol. The largest absolute Gasteiger partial charge is 0.492 e. The van der Waals surface area contributed by atoms with Crippen molar-refractivity contribution in [3.8, 4) is 5.75 Å². The number of rotatable bonds is 8. The average Bonchev–Trinajstić information content (AvgIpc) is 3.02. The number of ether oxygens (including phenoxy) is 2. The van der Waals surface area contributed by atoms with E-state index in [2.05, 4.69) is 10.6 Å². The maximum absolute atomic E-state index is 5.83. The minimum absolute atomic E-state index is 0.489. The summed E-state index contributed by atoms with van der Waals surface area (Å²) in [5, 5.41) is 7.01. The van der Waals surface area contributed by atoms with Crippen LogP contribution in [0, 0.1) is 0 Å². The van der Waals surface area contributed by atoms with Gasteiger partial charge in [0.25, 0.3) is 0 Å². The van der Waals surface area contributed by atoms with Gasteiger partial charge in [0.1, 0.15) is 5.75 Å². The minimum Gasteiger partial charge on any atom is -0.492 e. The summed E-state index contributed by atoms with van der Waals surface area (Å²) >= 11 is 5.32. The number of hydrogen-bond donors (Lipinski definition) is 2. The fourth-order valence-electron chi connectivity index (χ4n) is 2.60. The van der Waals surface area contributed by atoms with Gasteiger partial charge in [-0.2, -0.15) is 0 Å². The van der Waals surface area contributed by atoms with Gasteiger partial charge in [-0.1, -0.05) is 25.0 Å². The lowest BCUT2D eigenvalue weighted by Gasteiger charge is -2.15. The topological polar surface area (TPSA) is 42.5 Å². The summed E-state index contributed by atoms with van der Waals surface area (Å²) in [4.78, 5) is 0. The van der Waals surface area contributed by atoms with E-state index in [9.17, 15) is 0 Å². The van der Waals surface area contributed by atoms with Gasteiger partial charge in [0.2, 0.25) is 0 Å². The van der Waals surface area contributed by atoms with Crippen molar-refractivity contribution in [2.45, 2.75) is 45.1 Å². The molecular formula is C17H26N2O2S. The van der Waals surface area contributed by atoms with Gasteiger partial charge in [0.05, 0.1) is 18.4 Å². The zero-order chi connectivity index (χ0) is 15.6. The van der Waals surface area contributed by atoms with Crippen molar-refractivity contribution in [3.63, 3.8) is 0 Å². The number of para-hydroxylation sites is 2. The number of nitrogens with one attached hydrogen (secondary N) is 2. The van der Waals surface area contributed by atoms with Crippen molar-refractivity contribution in [3.05, 3.63) is 24.3 Å². The number of anilines is 1. The SMILES string of the molecule is CCOc1ccccc1NC(=S)NCCCOC1CCCC1. The Bertz CT molecular complexity index is 462. The van der Waals surface area contributed by atoms with Crippen molar-refractivity contribution in [2.24, 2.45) is 0 Å². The van der Waals surface area contributed by atoms with Gasteiger partial charge < -0.3 is 20.1 Å². The van der Waals surface area contributed by atoms with Crippen LogP contribution in [0.2, 0.25) is 0 Å². The summed E-state index contributed by atoms with van der Waals surface area (Å²) in [6.45, 7) is 4.22. The third kappa shape index (κ3) is 5.81. The van der Waals surface area contributed by atoms with Crippen LogP contribution in [-0.2, 0) is 4.74 Å². The molecule has 0 bridgehead atoms.